The average Bonchev–Trinajstić information content (AvgIpc) is 3.32. The Kier molecular flexibility index (Phi) is 15.6. The summed E-state index contributed by atoms with van der Waals surface area (Å²) in [5, 5.41) is 2.79. The van der Waals surface area contributed by atoms with Crippen LogP contribution in [-0.4, -0.2) is 97.9 Å². The van der Waals surface area contributed by atoms with E-state index in [2.05, 4.69) is 36.2 Å². The number of carbonyl (C=O) groups excluding carboxylic acids is 2. The lowest BCUT2D eigenvalue weighted by Gasteiger charge is -2.14. The number of fused-ring (bicyclic) bond motifs is 3. The number of benzene rings is 2. The Morgan fingerprint density at radius 2 is 1.12 bits per heavy atom. The van der Waals surface area contributed by atoms with Gasteiger partial charge in [-0.05, 0) is 35.6 Å². The minimum absolute atomic E-state index is 0.0502. The lowest BCUT2D eigenvalue weighted by Crippen LogP contribution is -2.27. The van der Waals surface area contributed by atoms with Gasteiger partial charge in [0, 0.05) is 24.6 Å². The summed E-state index contributed by atoms with van der Waals surface area (Å²) < 4.78 is 37.6. The van der Waals surface area contributed by atoms with Gasteiger partial charge in [-0.25, -0.2) is 9.59 Å². The second-order valence-corrected chi connectivity index (χ2v) is 9.58. The van der Waals surface area contributed by atoms with Gasteiger partial charge in [-0.2, -0.15) is 0 Å². The van der Waals surface area contributed by atoms with Crippen molar-refractivity contribution in [2.24, 2.45) is 0 Å². The summed E-state index contributed by atoms with van der Waals surface area (Å²) in [5.74, 6) is -0.365. The molecular weight excluding hydrogens is 542 g/mol. The molecule has 0 saturated heterocycles. The molecule has 0 aliphatic heterocycles. The first-order chi connectivity index (χ1) is 20.6. The van der Waals surface area contributed by atoms with Gasteiger partial charge in [0.05, 0.1) is 59.5 Å². The van der Waals surface area contributed by atoms with Crippen LogP contribution in [-0.2, 0) is 38.0 Å². The fourth-order valence-corrected chi connectivity index (χ4v) is 4.31. The third-order valence-electron chi connectivity index (χ3n) is 6.38. The van der Waals surface area contributed by atoms with Crippen LogP contribution in [0.25, 0.3) is 11.1 Å². The van der Waals surface area contributed by atoms with E-state index >= 15 is 0 Å². The summed E-state index contributed by atoms with van der Waals surface area (Å²) in [6, 6.07) is 16.5. The van der Waals surface area contributed by atoms with E-state index in [1.54, 1.807) is 6.92 Å². The molecule has 0 unspecified atom stereocenters. The number of esters is 1. The van der Waals surface area contributed by atoms with Crippen molar-refractivity contribution in [3.63, 3.8) is 0 Å². The van der Waals surface area contributed by atoms with E-state index in [9.17, 15) is 9.59 Å². The number of amides is 1. The van der Waals surface area contributed by atoms with Gasteiger partial charge in [0.2, 0.25) is 0 Å². The molecule has 3 rings (SSSR count). The highest BCUT2D eigenvalue weighted by Crippen LogP contribution is 2.44. The molecule has 1 aliphatic rings. The highest BCUT2D eigenvalue weighted by molar-refractivity contribution is 5.86. The second kappa shape index (κ2) is 19.8. The Labute approximate surface area is 248 Å². The van der Waals surface area contributed by atoms with Crippen LogP contribution in [0.4, 0.5) is 4.79 Å². The largest absolute Gasteiger partial charge is 0.460 e. The normalized spacial score (nSPS) is 12.0. The molecule has 0 bridgehead atoms. The van der Waals surface area contributed by atoms with Gasteiger partial charge in [0.15, 0.2) is 0 Å². The lowest BCUT2D eigenvalue weighted by molar-refractivity contribution is -0.140. The summed E-state index contributed by atoms with van der Waals surface area (Å²) in [4.78, 5) is 23.4. The standard InChI is InChI=1S/C32H43NO9/c1-25(2)31(34)41-23-22-40-21-20-39-19-18-38-17-16-37-15-14-36-13-7-12-33-32(35)42-24-30-28-10-5-3-8-26(28)27-9-4-6-11-29(27)30/h3-6,8-11,30H,1,7,12-24H2,2H3,(H,33,35). The van der Waals surface area contributed by atoms with Crippen LogP contribution in [0.3, 0.4) is 0 Å². The fraction of sp³-hybridized carbons (Fsp3) is 0.500. The van der Waals surface area contributed by atoms with Crippen LogP contribution in [0.5, 0.6) is 0 Å². The van der Waals surface area contributed by atoms with E-state index in [1.807, 2.05) is 24.3 Å². The number of hydrogen-bond donors (Lipinski definition) is 1. The zero-order valence-electron chi connectivity index (χ0n) is 24.5. The van der Waals surface area contributed by atoms with Gasteiger partial charge in [-0.15, -0.1) is 0 Å². The van der Waals surface area contributed by atoms with Gasteiger partial charge in [0.25, 0.3) is 0 Å². The molecule has 10 heteroatoms. The smallest absolute Gasteiger partial charge is 0.407 e. The molecule has 0 radical (unpaired) electrons. The molecule has 2 aromatic carbocycles. The van der Waals surface area contributed by atoms with Crippen LogP contribution >= 0.6 is 0 Å². The lowest BCUT2D eigenvalue weighted by atomic mass is 9.98. The van der Waals surface area contributed by atoms with Crippen molar-refractivity contribution in [2.75, 3.05) is 85.8 Å². The highest BCUT2D eigenvalue weighted by atomic mass is 16.6. The summed E-state index contributed by atoms with van der Waals surface area (Å²) in [6.45, 7) is 10.6. The quantitative estimate of drug-likeness (QED) is 0.124. The summed E-state index contributed by atoms with van der Waals surface area (Å²) in [5.41, 5.74) is 5.17. The molecule has 0 heterocycles. The number of rotatable bonds is 22. The minimum atomic E-state index is -0.419. The van der Waals surface area contributed by atoms with Crippen LogP contribution in [0.1, 0.15) is 30.4 Å². The van der Waals surface area contributed by atoms with Crippen molar-refractivity contribution in [2.45, 2.75) is 19.3 Å². The number of carbonyl (C=O) groups is 2. The summed E-state index contributed by atoms with van der Waals surface area (Å²) in [6.07, 6.45) is 0.263. The van der Waals surface area contributed by atoms with E-state index in [0.29, 0.717) is 91.2 Å². The van der Waals surface area contributed by atoms with Crippen molar-refractivity contribution in [3.05, 3.63) is 71.8 Å². The maximum atomic E-state index is 12.2. The maximum Gasteiger partial charge on any atom is 0.407 e. The van der Waals surface area contributed by atoms with Crippen molar-refractivity contribution < 1.29 is 42.7 Å². The van der Waals surface area contributed by atoms with E-state index in [0.717, 1.165) is 0 Å². The first-order valence-corrected chi connectivity index (χ1v) is 14.4. The molecule has 42 heavy (non-hydrogen) atoms. The van der Waals surface area contributed by atoms with Crippen molar-refractivity contribution >= 4 is 12.1 Å². The topological polar surface area (TPSA) is 111 Å². The Bertz CT molecular complexity index is 1060. The highest BCUT2D eigenvalue weighted by Gasteiger charge is 2.28. The van der Waals surface area contributed by atoms with Crippen LogP contribution in [0.2, 0.25) is 0 Å². The number of ether oxygens (including phenoxy) is 7. The number of hydrogen-bond acceptors (Lipinski definition) is 9. The first kappa shape index (κ1) is 33.2. The molecular formula is C32H43NO9. The van der Waals surface area contributed by atoms with Gasteiger partial charge in [0.1, 0.15) is 13.2 Å². The summed E-state index contributed by atoms with van der Waals surface area (Å²) in [7, 11) is 0. The molecule has 0 fully saturated rings. The zero-order chi connectivity index (χ0) is 29.8. The fourth-order valence-electron chi connectivity index (χ4n) is 4.31. The SMILES string of the molecule is C=C(C)C(=O)OCCOCCOCCOCCOCCOCCCNC(=O)OCC1c2ccccc2-c2ccccc21. The van der Waals surface area contributed by atoms with Crippen molar-refractivity contribution in [1.82, 2.24) is 5.32 Å². The molecule has 1 aliphatic carbocycles. The molecule has 0 atom stereocenters. The van der Waals surface area contributed by atoms with E-state index in [4.69, 9.17) is 33.2 Å². The minimum Gasteiger partial charge on any atom is -0.460 e. The Morgan fingerprint density at radius 1 is 0.667 bits per heavy atom. The molecule has 1 amide bonds. The van der Waals surface area contributed by atoms with Crippen LogP contribution in [0.15, 0.2) is 60.7 Å². The summed E-state index contributed by atoms with van der Waals surface area (Å²) >= 11 is 0. The Morgan fingerprint density at radius 3 is 1.62 bits per heavy atom. The van der Waals surface area contributed by atoms with E-state index < -0.39 is 12.1 Å². The van der Waals surface area contributed by atoms with Crippen molar-refractivity contribution in [3.8, 4) is 11.1 Å². The number of alkyl carbamates (subject to hydrolysis) is 1. The van der Waals surface area contributed by atoms with E-state index in [1.165, 1.54) is 22.3 Å². The average molecular weight is 586 g/mol. The van der Waals surface area contributed by atoms with Gasteiger partial charge < -0.3 is 38.5 Å². The molecule has 0 spiro atoms. The molecule has 0 aromatic heterocycles. The Balaban J connectivity index is 1.06. The first-order valence-electron chi connectivity index (χ1n) is 14.4. The Hall–Kier alpha value is -3.28. The third kappa shape index (κ3) is 11.9. The molecule has 1 N–H and O–H groups in total. The van der Waals surface area contributed by atoms with Gasteiger partial charge >= 0.3 is 12.1 Å². The molecule has 0 saturated carbocycles. The second-order valence-electron chi connectivity index (χ2n) is 9.58. The van der Waals surface area contributed by atoms with Crippen molar-refractivity contribution in [1.29, 1.82) is 0 Å². The van der Waals surface area contributed by atoms with Crippen LogP contribution < -0.4 is 5.32 Å². The van der Waals surface area contributed by atoms with Gasteiger partial charge in [-0.1, -0.05) is 55.1 Å². The maximum absolute atomic E-state index is 12.2. The third-order valence-corrected chi connectivity index (χ3v) is 6.38. The predicted molar refractivity (Wildman–Crippen MR) is 158 cm³/mol. The molecule has 230 valence electrons. The number of nitrogens with one attached hydrogen (secondary N) is 1. The zero-order valence-corrected chi connectivity index (χ0v) is 24.5. The van der Waals surface area contributed by atoms with Gasteiger partial charge in [-0.3, -0.25) is 0 Å². The van der Waals surface area contributed by atoms with E-state index in [-0.39, 0.29) is 12.5 Å². The predicted octanol–water partition coefficient (Wildman–Crippen LogP) is 4.12. The van der Waals surface area contributed by atoms with Crippen LogP contribution in [0, 0.1) is 0 Å². The molecule has 2 aromatic rings. The monoisotopic (exact) mass is 585 g/mol. The molecule has 10 nitrogen and oxygen atoms in total.